The average Bonchev–Trinajstić information content (AvgIpc) is 3.36. The fourth-order valence-corrected chi connectivity index (χ4v) is 3.26. The molecule has 1 N–H and O–H groups in total. The van der Waals surface area contributed by atoms with Crippen LogP contribution in [0.3, 0.4) is 0 Å². The van der Waals surface area contributed by atoms with Crippen molar-refractivity contribution in [2.75, 3.05) is 5.32 Å². The molecule has 10 heteroatoms. The third-order valence-electron chi connectivity index (χ3n) is 4.07. The number of ether oxygens (including phenoxy) is 1. The molecule has 0 spiro atoms. The first kappa shape index (κ1) is 18.7. The topological polar surface area (TPSA) is 111 Å². The number of anilines is 1. The van der Waals surface area contributed by atoms with E-state index in [1.165, 1.54) is 22.8 Å². The third-order valence-corrected chi connectivity index (χ3v) is 4.83. The van der Waals surface area contributed by atoms with Crippen molar-refractivity contribution >= 4 is 34.1 Å². The molecule has 1 unspecified atom stereocenters. The van der Waals surface area contributed by atoms with Crippen molar-refractivity contribution in [3.8, 4) is 11.3 Å². The van der Waals surface area contributed by atoms with E-state index >= 15 is 0 Å². The van der Waals surface area contributed by atoms with Crippen molar-refractivity contribution in [2.45, 2.75) is 20.0 Å². The second kappa shape index (κ2) is 7.76. The zero-order valence-electron chi connectivity index (χ0n) is 15.6. The van der Waals surface area contributed by atoms with Gasteiger partial charge in [0.2, 0.25) is 0 Å². The van der Waals surface area contributed by atoms with E-state index in [2.05, 4.69) is 25.4 Å². The molecule has 1 amide bonds. The zero-order chi connectivity index (χ0) is 20.4. The first-order valence-electron chi connectivity index (χ1n) is 8.72. The Morgan fingerprint density at radius 2 is 1.97 bits per heavy atom. The highest BCUT2D eigenvalue weighted by Gasteiger charge is 2.23. The second-order valence-corrected chi connectivity index (χ2v) is 7.03. The molecule has 3 aromatic heterocycles. The summed E-state index contributed by atoms with van der Waals surface area (Å²) in [6.07, 6.45) is 0.523. The maximum absolute atomic E-state index is 12.4. The lowest BCUT2D eigenvalue weighted by Crippen LogP contribution is -2.30. The van der Waals surface area contributed by atoms with Gasteiger partial charge >= 0.3 is 5.97 Å². The van der Waals surface area contributed by atoms with Crippen LogP contribution >= 0.6 is 11.3 Å². The quantitative estimate of drug-likeness (QED) is 0.505. The molecule has 0 radical (unpaired) electrons. The highest BCUT2D eigenvalue weighted by molar-refractivity contribution is 7.14. The molecule has 0 saturated heterocycles. The van der Waals surface area contributed by atoms with Gasteiger partial charge < -0.3 is 4.74 Å². The van der Waals surface area contributed by atoms with Crippen molar-refractivity contribution in [1.29, 1.82) is 0 Å². The van der Waals surface area contributed by atoms with Crippen LogP contribution in [0.1, 0.15) is 23.2 Å². The first-order chi connectivity index (χ1) is 14.0. The van der Waals surface area contributed by atoms with Crippen LogP contribution in [0.5, 0.6) is 0 Å². The van der Waals surface area contributed by atoms with Crippen molar-refractivity contribution in [3.05, 3.63) is 59.5 Å². The highest BCUT2D eigenvalue weighted by atomic mass is 32.1. The molecule has 4 aromatic rings. The summed E-state index contributed by atoms with van der Waals surface area (Å²) in [5.74, 6) is -1.18. The van der Waals surface area contributed by atoms with Gasteiger partial charge in [0.1, 0.15) is 0 Å². The number of nitrogens with one attached hydrogen (secondary N) is 1. The van der Waals surface area contributed by atoms with Gasteiger partial charge in [0.05, 0.1) is 5.69 Å². The van der Waals surface area contributed by atoms with Gasteiger partial charge in [-0.3, -0.25) is 10.1 Å². The Kier molecular flexibility index (Phi) is 5.00. The molecular weight excluding hydrogens is 392 g/mol. The average molecular weight is 408 g/mol. The number of nitrogens with zero attached hydrogens (tertiary/aromatic N) is 5. The molecule has 0 aliphatic heterocycles. The van der Waals surface area contributed by atoms with Crippen molar-refractivity contribution in [3.63, 3.8) is 0 Å². The summed E-state index contributed by atoms with van der Waals surface area (Å²) in [5, 5.41) is 8.99. The summed E-state index contributed by atoms with van der Waals surface area (Å²) < 4.78 is 6.62. The van der Waals surface area contributed by atoms with Gasteiger partial charge in [-0.2, -0.15) is 4.98 Å². The van der Waals surface area contributed by atoms with Gasteiger partial charge in [0.15, 0.2) is 11.2 Å². The highest BCUT2D eigenvalue weighted by Crippen LogP contribution is 2.24. The maximum Gasteiger partial charge on any atom is 0.379 e. The summed E-state index contributed by atoms with van der Waals surface area (Å²) >= 11 is 1.29. The molecule has 146 valence electrons. The van der Waals surface area contributed by atoms with Crippen LogP contribution < -0.4 is 5.32 Å². The van der Waals surface area contributed by atoms with Gasteiger partial charge in [0, 0.05) is 22.8 Å². The summed E-state index contributed by atoms with van der Waals surface area (Å²) in [7, 11) is 0. The Bertz CT molecular complexity index is 1190. The number of aromatic nitrogens is 5. The van der Waals surface area contributed by atoms with E-state index in [-0.39, 0.29) is 11.6 Å². The SMILES string of the molecule is Cc1ccnc2nc(C(=O)OC(C)C(=O)Nc3nc(-c4ccccc4)cs3)nn12. The van der Waals surface area contributed by atoms with Crippen LogP contribution in [-0.2, 0) is 9.53 Å². The Labute approximate surface area is 169 Å². The van der Waals surface area contributed by atoms with E-state index in [4.69, 9.17) is 4.74 Å². The fraction of sp³-hybridized carbons (Fsp3) is 0.158. The molecule has 9 nitrogen and oxygen atoms in total. The number of hydrogen-bond acceptors (Lipinski definition) is 8. The monoisotopic (exact) mass is 408 g/mol. The number of aryl methyl sites for hydroxylation is 1. The van der Waals surface area contributed by atoms with E-state index < -0.39 is 18.0 Å². The predicted octanol–water partition coefficient (Wildman–Crippen LogP) is 2.74. The number of carbonyl (C=O) groups excluding carboxylic acids is 2. The molecule has 1 atom stereocenters. The van der Waals surface area contributed by atoms with Gasteiger partial charge in [-0.05, 0) is 19.9 Å². The number of thiazole rings is 1. The smallest absolute Gasteiger partial charge is 0.379 e. The molecule has 0 bridgehead atoms. The number of carbonyl (C=O) groups is 2. The van der Waals surface area contributed by atoms with Crippen LogP contribution in [0.15, 0.2) is 48.0 Å². The van der Waals surface area contributed by atoms with Crippen LogP contribution in [0.2, 0.25) is 0 Å². The number of hydrogen-bond donors (Lipinski definition) is 1. The van der Waals surface area contributed by atoms with Crippen LogP contribution in [-0.4, -0.2) is 42.5 Å². The molecule has 1 aromatic carbocycles. The van der Waals surface area contributed by atoms with Crippen LogP contribution in [0, 0.1) is 6.92 Å². The number of benzene rings is 1. The Morgan fingerprint density at radius 1 is 1.17 bits per heavy atom. The minimum absolute atomic E-state index is 0.160. The lowest BCUT2D eigenvalue weighted by Gasteiger charge is -2.10. The lowest BCUT2D eigenvalue weighted by molar-refractivity contribution is -0.123. The van der Waals surface area contributed by atoms with Gasteiger partial charge in [0.25, 0.3) is 17.5 Å². The van der Waals surface area contributed by atoms with Crippen molar-refractivity contribution in [1.82, 2.24) is 24.6 Å². The van der Waals surface area contributed by atoms with Crippen molar-refractivity contribution in [2.24, 2.45) is 0 Å². The van der Waals surface area contributed by atoms with E-state index in [9.17, 15) is 9.59 Å². The fourth-order valence-electron chi connectivity index (χ4n) is 2.54. The number of amides is 1. The zero-order valence-corrected chi connectivity index (χ0v) is 16.4. The molecule has 3 heterocycles. The first-order valence-corrected chi connectivity index (χ1v) is 9.60. The molecule has 4 rings (SSSR count). The predicted molar refractivity (Wildman–Crippen MR) is 107 cm³/mol. The van der Waals surface area contributed by atoms with E-state index in [1.807, 2.05) is 42.6 Å². The van der Waals surface area contributed by atoms with Gasteiger partial charge in [-0.25, -0.2) is 19.3 Å². The molecular formula is C19H16N6O3S. The third kappa shape index (κ3) is 3.97. The molecule has 0 fully saturated rings. The lowest BCUT2D eigenvalue weighted by atomic mass is 10.2. The summed E-state index contributed by atoms with van der Waals surface area (Å²) in [4.78, 5) is 37.1. The molecule has 0 saturated carbocycles. The number of rotatable bonds is 5. The second-order valence-electron chi connectivity index (χ2n) is 6.17. The Hall–Kier alpha value is -3.66. The van der Waals surface area contributed by atoms with Crippen LogP contribution in [0.4, 0.5) is 5.13 Å². The Morgan fingerprint density at radius 3 is 2.72 bits per heavy atom. The normalized spacial score (nSPS) is 11.9. The van der Waals surface area contributed by atoms with E-state index in [0.29, 0.717) is 5.13 Å². The van der Waals surface area contributed by atoms with Gasteiger partial charge in [-0.1, -0.05) is 30.3 Å². The summed E-state index contributed by atoms with van der Waals surface area (Å²) in [6.45, 7) is 3.28. The van der Waals surface area contributed by atoms with E-state index in [0.717, 1.165) is 17.0 Å². The number of esters is 1. The standard InChI is InChI=1S/C19H16N6O3S/c1-11-8-9-20-18-22-15(24-25(11)18)17(27)28-12(2)16(26)23-19-21-14(10-29-19)13-6-4-3-5-7-13/h3-10,12H,1-2H3,(H,21,23,26). The summed E-state index contributed by atoms with van der Waals surface area (Å²) in [6, 6.07) is 11.4. The molecule has 0 aliphatic rings. The van der Waals surface area contributed by atoms with Crippen molar-refractivity contribution < 1.29 is 14.3 Å². The van der Waals surface area contributed by atoms with E-state index in [1.54, 1.807) is 12.3 Å². The minimum atomic E-state index is -1.05. The largest absolute Gasteiger partial charge is 0.447 e. The molecule has 0 aliphatic carbocycles. The maximum atomic E-state index is 12.4. The van der Waals surface area contributed by atoms with Gasteiger partial charge in [-0.15, -0.1) is 16.4 Å². The summed E-state index contributed by atoms with van der Waals surface area (Å²) in [5.41, 5.74) is 2.48. The minimum Gasteiger partial charge on any atom is -0.447 e. The molecule has 29 heavy (non-hydrogen) atoms. The number of fused-ring (bicyclic) bond motifs is 1. The Balaban J connectivity index is 1.41. The van der Waals surface area contributed by atoms with Crippen LogP contribution in [0.25, 0.3) is 17.0 Å².